The van der Waals surface area contributed by atoms with Crippen LogP contribution in [-0.2, 0) is 17.1 Å². The first-order chi connectivity index (χ1) is 19.5. The fourth-order valence-corrected chi connectivity index (χ4v) is 5.68. The largest absolute Gasteiger partial charge is 0.423 e. The molecule has 0 unspecified atom stereocenters. The van der Waals surface area contributed by atoms with Crippen LogP contribution >= 0.6 is 12.2 Å². The van der Waals surface area contributed by atoms with E-state index in [9.17, 15) is 36.5 Å². The van der Waals surface area contributed by atoms with Gasteiger partial charge in [-0.1, -0.05) is 12.2 Å². The summed E-state index contributed by atoms with van der Waals surface area (Å²) in [6, 6.07) is 7.94. The van der Waals surface area contributed by atoms with E-state index in [1.165, 1.54) is 18.2 Å². The third kappa shape index (κ3) is 7.63. The standard InChI is InChI=1S/C28H32F6N4O3S/c1-26(2,25(42)37-15-13-36(14-16-37)21-8-3-18(4-9-21)27(29,30)31)41-22-10-5-19(6-11-22)35-20-7-12-24(38(39)40)23(17-20)28(32,33)34/h3-4,7-9,12,17,19,22,35H,5-6,10-11,13-16H2,1-2H3/t19-,22-. The molecule has 42 heavy (non-hydrogen) atoms. The van der Waals surface area contributed by atoms with Crippen LogP contribution in [0.15, 0.2) is 42.5 Å². The van der Waals surface area contributed by atoms with Crippen molar-refractivity contribution in [2.75, 3.05) is 36.4 Å². The zero-order chi connectivity index (χ0) is 30.9. The number of thiocarbonyl (C=S) groups is 1. The number of nitro benzene ring substituents is 1. The van der Waals surface area contributed by atoms with Gasteiger partial charge >= 0.3 is 12.4 Å². The van der Waals surface area contributed by atoms with Crippen LogP contribution in [0.1, 0.15) is 50.7 Å². The molecule has 1 N–H and O–H groups in total. The highest BCUT2D eigenvalue weighted by Gasteiger charge is 2.39. The number of nitrogens with one attached hydrogen (secondary N) is 1. The summed E-state index contributed by atoms with van der Waals surface area (Å²) in [6.07, 6.45) is -6.74. The zero-order valence-corrected chi connectivity index (χ0v) is 23.9. The van der Waals surface area contributed by atoms with Crippen molar-refractivity contribution in [3.8, 4) is 0 Å². The van der Waals surface area contributed by atoms with Gasteiger partial charge in [-0.2, -0.15) is 26.3 Å². The average Bonchev–Trinajstić information content (AvgIpc) is 2.92. The number of rotatable bonds is 7. The Kier molecular flexibility index (Phi) is 9.26. The first kappa shape index (κ1) is 31.8. The van der Waals surface area contributed by atoms with Crippen LogP contribution in [0.2, 0.25) is 0 Å². The van der Waals surface area contributed by atoms with E-state index in [1.807, 2.05) is 18.7 Å². The van der Waals surface area contributed by atoms with E-state index in [-0.39, 0.29) is 17.8 Å². The zero-order valence-electron chi connectivity index (χ0n) is 23.1. The van der Waals surface area contributed by atoms with Gasteiger partial charge < -0.3 is 19.9 Å². The normalized spacial score (nSPS) is 20.4. The maximum absolute atomic E-state index is 13.3. The van der Waals surface area contributed by atoms with Crippen molar-refractivity contribution in [1.29, 1.82) is 0 Å². The molecule has 1 aliphatic carbocycles. The van der Waals surface area contributed by atoms with Gasteiger partial charge in [0.15, 0.2) is 0 Å². The monoisotopic (exact) mass is 618 g/mol. The molecule has 4 rings (SSSR count). The fraction of sp³-hybridized carbons (Fsp3) is 0.536. The predicted octanol–water partition coefficient (Wildman–Crippen LogP) is 7.30. The lowest BCUT2D eigenvalue weighted by atomic mass is 9.92. The molecule has 0 aromatic heterocycles. The molecule has 2 fully saturated rings. The van der Waals surface area contributed by atoms with E-state index in [1.54, 1.807) is 0 Å². The van der Waals surface area contributed by atoms with Crippen molar-refractivity contribution in [3.63, 3.8) is 0 Å². The molecule has 0 atom stereocenters. The van der Waals surface area contributed by atoms with Crippen molar-refractivity contribution >= 4 is 34.3 Å². The highest BCUT2D eigenvalue weighted by Crippen LogP contribution is 2.38. The third-order valence-electron chi connectivity index (χ3n) is 7.65. The van der Waals surface area contributed by atoms with E-state index < -0.39 is 39.7 Å². The molecule has 1 saturated heterocycles. The van der Waals surface area contributed by atoms with E-state index in [4.69, 9.17) is 17.0 Å². The minimum atomic E-state index is -4.84. The Balaban J connectivity index is 1.26. The van der Waals surface area contributed by atoms with Gasteiger partial charge in [-0.15, -0.1) is 0 Å². The van der Waals surface area contributed by atoms with Crippen LogP contribution in [0.5, 0.6) is 0 Å². The maximum Gasteiger partial charge on any atom is 0.423 e. The molecule has 0 bridgehead atoms. The van der Waals surface area contributed by atoms with Crippen LogP contribution < -0.4 is 10.2 Å². The lowest BCUT2D eigenvalue weighted by Gasteiger charge is -2.43. The van der Waals surface area contributed by atoms with E-state index in [0.717, 1.165) is 30.0 Å². The van der Waals surface area contributed by atoms with Crippen molar-refractivity contribution < 1.29 is 36.0 Å². The molecular weight excluding hydrogens is 586 g/mol. The number of halogens is 6. The molecule has 0 spiro atoms. The van der Waals surface area contributed by atoms with Gasteiger partial charge in [0.25, 0.3) is 5.69 Å². The predicted molar refractivity (Wildman–Crippen MR) is 151 cm³/mol. The molecule has 1 heterocycles. The molecule has 2 aromatic rings. The lowest BCUT2D eigenvalue weighted by Crippen LogP contribution is -2.55. The third-order valence-corrected chi connectivity index (χ3v) is 8.40. The Labute approximate surface area is 245 Å². The molecular formula is C28H32F6N4O3S. The second-order valence-electron chi connectivity index (χ2n) is 11.1. The van der Waals surface area contributed by atoms with Crippen molar-refractivity contribution in [2.45, 2.75) is 69.6 Å². The summed E-state index contributed by atoms with van der Waals surface area (Å²) in [5, 5.41) is 14.1. The second-order valence-corrected chi connectivity index (χ2v) is 11.4. The van der Waals surface area contributed by atoms with Gasteiger partial charge in [-0.05, 0) is 75.9 Å². The van der Waals surface area contributed by atoms with Crippen molar-refractivity contribution in [1.82, 2.24) is 4.90 Å². The first-order valence-corrected chi connectivity index (χ1v) is 14.0. The van der Waals surface area contributed by atoms with E-state index >= 15 is 0 Å². The summed E-state index contributed by atoms with van der Waals surface area (Å²) in [4.78, 5) is 14.7. The summed E-state index contributed by atoms with van der Waals surface area (Å²) in [6.45, 7) is 6.18. The maximum atomic E-state index is 13.3. The van der Waals surface area contributed by atoms with Crippen LogP contribution in [0, 0.1) is 10.1 Å². The number of anilines is 2. The highest BCUT2D eigenvalue weighted by molar-refractivity contribution is 7.80. The molecule has 0 radical (unpaired) electrons. The number of hydrogen-bond acceptors (Lipinski definition) is 6. The lowest BCUT2D eigenvalue weighted by molar-refractivity contribution is -0.388. The summed E-state index contributed by atoms with van der Waals surface area (Å²) in [7, 11) is 0. The summed E-state index contributed by atoms with van der Waals surface area (Å²) >= 11 is 5.78. The number of piperazine rings is 1. The first-order valence-electron chi connectivity index (χ1n) is 13.6. The Morgan fingerprint density at radius 2 is 1.52 bits per heavy atom. The molecule has 1 aliphatic heterocycles. The van der Waals surface area contributed by atoms with Crippen LogP contribution in [0.3, 0.4) is 0 Å². The fourth-order valence-electron chi connectivity index (χ4n) is 5.45. The number of hydrogen-bond donors (Lipinski definition) is 1. The average molecular weight is 619 g/mol. The van der Waals surface area contributed by atoms with Crippen LogP contribution in [0.25, 0.3) is 0 Å². The second kappa shape index (κ2) is 12.2. The minimum Gasteiger partial charge on any atom is -0.382 e. The number of nitro groups is 1. The Morgan fingerprint density at radius 3 is 2.05 bits per heavy atom. The van der Waals surface area contributed by atoms with E-state index in [0.29, 0.717) is 56.9 Å². The number of ether oxygens (including phenoxy) is 1. The minimum absolute atomic E-state index is 0.105. The van der Waals surface area contributed by atoms with Gasteiger partial charge in [0.2, 0.25) is 0 Å². The van der Waals surface area contributed by atoms with Gasteiger partial charge in [-0.3, -0.25) is 10.1 Å². The Hall–Kier alpha value is -3.13. The number of benzene rings is 2. The number of alkyl halides is 6. The molecule has 7 nitrogen and oxygen atoms in total. The topological polar surface area (TPSA) is 70.9 Å². The van der Waals surface area contributed by atoms with Crippen LogP contribution in [-0.4, -0.2) is 58.7 Å². The molecule has 230 valence electrons. The van der Waals surface area contributed by atoms with E-state index in [2.05, 4.69) is 10.2 Å². The summed E-state index contributed by atoms with van der Waals surface area (Å²) in [5.74, 6) is 0. The molecule has 14 heteroatoms. The molecule has 2 aliphatic rings. The quantitative estimate of drug-likeness (QED) is 0.151. The van der Waals surface area contributed by atoms with Gasteiger partial charge in [-0.25, -0.2) is 0 Å². The Bertz CT molecular complexity index is 1270. The number of nitrogens with zero attached hydrogens (tertiary/aromatic N) is 3. The smallest absolute Gasteiger partial charge is 0.382 e. The van der Waals surface area contributed by atoms with Gasteiger partial charge in [0.1, 0.15) is 16.2 Å². The highest BCUT2D eigenvalue weighted by atomic mass is 32.1. The molecule has 0 amide bonds. The van der Waals surface area contributed by atoms with Crippen molar-refractivity contribution in [3.05, 3.63) is 63.7 Å². The summed E-state index contributed by atoms with van der Waals surface area (Å²) < 4.78 is 85.0. The Morgan fingerprint density at radius 1 is 0.929 bits per heavy atom. The van der Waals surface area contributed by atoms with Gasteiger partial charge in [0, 0.05) is 49.7 Å². The SMILES string of the molecule is CC(C)(O[C@H]1CC[C@H](Nc2ccc([N+](=O)[O-])c(C(F)(F)F)c2)CC1)C(=S)N1CCN(c2ccc(C(F)(F)F)cc2)CC1. The van der Waals surface area contributed by atoms with Crippen molar-refractivity contribution in [2.24, 2.45) is 0 Å². The molecule has 1 saturated carbocycles. The van der Waals surface area contributed by atoms with Crippen LogP contribution in [0.4, 0.5) is 43.4 Å². The molecule has 2 aromatic carbocycles. The van der Waals surface area contributed by atoms with Gasteiger partial charge in [0.05, 0.1) is 16.6 Å². The summed E-state index contributed by atoms with van der Waals surface area (Å²) in [5.41, 5.74) is -2.81.